The van der Waals surface area contributed by atoms with Crippen LogP contribution < -0.4 is 15.4 Å². The van der Waals surface area contributed by atoms with Crippen molar-refractivity contribution in [1.29, 1.82) is 0 Å². The van der Waals surface area contributed by atoms with Gasteiger partial charge in [0, 0.05) is 30.0 Å². The Labute approximate surface area is 193 Å². The molecule has 1 fully saturated rings. The molecule has 7 nitrogen and oxygen atoms in total. The van der Waals surface area contributed by atoms with Crippen molar-refractivity contribution in [3.05, 3.63) is 90.0 Å². The summed E-state index contributed by atoms with van der Waals surface area (Å²) < 4.78 is 11.1. The number of hydrogen-bond donors (Lipinski definition) is 2. The van der Waals surface area contributed by atoms with Gasteiger partial charge in [-0.25, -0.2) is 0 Å². The third-order valence-corrected chi connectivity index (χ3v) is 5.25. The Hall–Kier alpha value is -3.84. The average molecular weight is 446 g/mol. The van der Waals surface area contributed by atoms with E-state index in [2.05, 4.69) is 10.6 Å². The summed E-state index contributed by atoms with van der Waals surface area (Å²) >= 11 is 0. The lowest BCUT2D eigenvalue weighted by atomic mass is 10.1. The number of anilines is 2. The smallest absolute Gasteiger partial charge is 0.254 e. The molecule has 0 unspecified atom stereocenters. The number of rotatable bonds is 8. The van der Waals surface area contributed by atoms with Crippen LogP contribution in [0.4, 0.5) is 11.4 Å². The minimum Gasteiger partial charge on any atom is -0.489 e. The van der Waals surface area contributed by atoms with Gasteiger partial charge in [0.1, 0.15) is 12.4 Å². The van der Waals surface area contributed by atoms with Crippen LogP contribution in [0.3, 0.4) is 0 Å². The first kappa shape index (κ1) is 22.4. The molecule has 170 valence electrons. The summed E-state index contributed by atoms with van der Waals surface area (Å²) in [5, 5.41) is 5.94. The molecule has 3 aromatic carbocycles. The molecule has 3 aromatic rings. The fraction of sp³-hybridized carbons (Fsp3) is 0.231. The van der Waals surface area contributed by atoms with Gasteiger partial charge in [-0.15, -0.1) is 0 Å². The Morgan fingerprint density at radius 1 is 0.879 bits per heavy atom. The number of amides is 2. The predicted molar refractivity (Wildman–Crippen MR) is 127 cm³/mol. The van der Waals surface area contributed by atoms with Crippen molar-refractivity contribution in [3.63, 3.8) is 0 Å². The van der Waals surface area contributed by atoms with Crippen LogP contribution in [0.1, 0.15) is 15.9 Å². The molecule has 0 aromatic heterocycles. The van der Waals surface area contributed by atoms with E-state index in [9.17, 15) is 9.59 Å². The lowest BCUT2D eigenvalue weighted by Gasteiger charge is -2.27. The van der Waals surface area contributed by atoms with Crippen molar-refractivity contribution in [1.82, 2.24) is 4.90 Å². The highest BCUT2D eigenvalue weighted by molar-refractivity contribution is 5.96. The van der Waals surface area contributed by atoms with Gasteiger partial charge in [0.2, 0.25) is 5.91 Å². The Kier molecular flexibility index (Phi) is 7.56. The van der Waals surface area contributed by atoms with Gasteiger partial charge in [-0.05, 0) is 48.0 Å². The molecule has 7 heteroatoms. The first-order valence-electron chi connectivity index (χ1n) is 10.9. The number of nitrogens with one attached hydrogen (secondary N) is 2. The van der Waals surface area contributed by atoms with Gasteiger partial charge in [0.05, 0.1) is 19.8 Å². The van der Waals surface area contributed by atoms with Crippen LogP contribution in [0.15, 0.2) is 78.9 Å². The predicted octanol–water partition coefficient (Wildman–Crippen LogP) is 3.79. The lowest BCUT2D eigenvalue weighted by Crippen LogP contribution is -2.40. The number of carbonyl (C=O) groups excluding carboxylic acids is 2. The minimum atomic E-state index is -0.183. The van der Waals surface area contributed by atoms with Gasteiger partial charge in [0.15, 0.2) is 0 Å². The van der Waals surface area contributed by atoms with Gasteiger partial charge in [-0.2, -0.15) is 0 Å². The molecule has 2 N–H and O–H groups in total. The number of nitrogens with zero attached hydrogens (tertiary/aromatic N) is 1. The average Bonchev–Trinajstić information content (AvgIpc) is 2.88. The van der Waals surface area contributed by atoms with Gasteiger partial charge in [-0.3, -0.25) is 9.59 Å². The minimum absolute atomic E-state index is 0.0269. The quantitative estimate of drug-likeness (QED) is 0.552. The lowest BCUT2D eigenvalue weighted by molar-refractivity contribution is -0.114. The highest BCUT2D eigenvalue weighted by atomic mass is 16.5. The monoisotopic (exact) mass is 445 g/mol. The molecule has 1 aliphatic heterocycles. The van der Waals surface area contributed by atoms with Gasteiger partial charge in [0.25, 0.3) is 5.91 Å². The molecule has 33 heavy (non-hydrogen) atoms. The summed E-state index contributed by atoms with van der Waals surface area (Å²) in [4.78, 5) is 26.8. The van der Waals surface area contributed by atoms with Crippen molar-refractivity contribution in [2.24, 2.45) is 0 Å². The van der Waals surface area contributed by atoms with Crippen LogP contribution in [0.25, 0.3) is 0 Å². The molecule has 0 atom stereocenters. The molecule has 0 saturated carbocycles. The molecule has 1 saturated heterocycles. The molecule has 0 bridgehead atoms. The van der Waals surface area contributed by atoms with E-state index >= 15 is 0 Å². The van der Waals surface area contributed by atoms with Gasteiger partial charge >= 0.3 is 0 Å². The maximum absolute atomic E-state index is 12.6. The second-order valence-electron chi connectivity index (χ2n) is 7.69. The summed E-state index contributed by atoms with van der Waals surface area (Å²) in [6, 6.07) is 24.4. The molecule has 1 aliphatic rings. The Morgan fingerprint density at radius 2 is 1.64 bits per heavy atom. The van der Waals surface area contributed by atoms with Gasteiger partial charge < -0.3 is 25.0 Å². The van der Waals surface area contributed by atoms with Crippen molar-refractivity contribution in [3.8, 4) is 5.75 Å². The fourth-order valence-corrected chi connectivity index (χ4v) is 3.47. The van der Waals surface area contributed by atoms with E-state index < -0.39 is 0 Å². The van der Waals surface area contributed by atoms with Crippen LogP contribution in [0.2, 0.25) is 0 Å². The maximum atomic E-state index is 12.6. The molecule has 0 spiro atoms. The SMILES string of the molecule is O=C(CNc1cccc(C(=O)N2CCOCC2)c1)Nc1ccc(OCc2ccccc2)cc1. The molecular formula is C26H27N3O4. The summed E-state index contributed by atoms with van der Waals surface area (Å²) in [6.45, 7) is 2.88. The van der Waals surface area contributed by atoms with E-state index in [1.165, 1.54) is 0 Å². The summed E-state index contributed by atoms with van der Waals surface area (Å²) in [5.74, 6) is 0.524. The molecular weight excluding hydrogens is 418 g/mol. The highest BCUT2D eigenvalue weighted by Gasteiger charge is 2.18. The van der Waals surface area contributed by atoms with E-state index in [0.717, 1.165) is 11.3 Å². The largest absolute Gasteiger partial charge is 0.489 e. The third-order valence-electron chi connectivity index (χ3n) is 5.25. The summed E-state index contributed by atoms with van der Waals surface area (Å²) in [6.07, 6.45) is 0. The molecule has 1 heterocycles. The van der Waals surface area contributed by atoms with E-state index in [-0.39, 0.29) is 18.4 Å². The Bertz CT molecular complexity index is 1060. The van der Waals surface area contributed by atoms with Crippen LogP contribution >= 0.6 is 0 Å². The zero-order chi connectivity index (χ0) is 22.9. The van der Waals surface area contributed by atoms with Crippen LogP contribution in [0.5, 0.6) is 5.75 Å². The second-order valence-corrected chi connectivity index (χ2v) is 7.69. The number of carbonyl (C=O) groups is 2. The topological polar surface area (TPSA) is 79.9 Å². The zero-order valence-electron chi connectivity index (χ0n) is 18.3. The van der Waals surface area contributed by atoms with Crippen molar-refractivity contribution >= 4 is 23.2 Å². The summed E-state index contributed by atoms with van der Waals surface area (Å²) in [7, 11) is 0. The van der Waals surface area contributed by atoms with E-state index in [4.69, 9.17) is 9.47 Å². The molecule has 2 amide bonds. The second kappa shape index (κ2) is 11.2. The maximum Gasteiger partial charge on any atom is 0.254 e. The van der Waals surface area contributed by atoms with Crippen molar-refractivity contribution in [2.75, 3.05) is 43.5 Å². The molecule has 0 radical (unpaired) electrons. The zero-order valence-corrected chi connectivity index (χ0v) is 18.3. The fourth-order valence-electron chi connectivity index (χ4n) is 3.47. The normalized spacial score (nSPS) is 13.3. The van der Waals surface area contributed by atoms with Crippen LogP contribution in [-0.2, 0) is 16.1 Å². The Morgan fingerprint density at radius 3 is 2.39 bits per heavy atom. The van der Waals surface area contributed by atoms with Gasteiger partial charge in [-0.1, -0.05) is 36.4 Å². The number of ether oxygens (including phenoxy) is 2. The number of benzene rings is 3. The molecule has 4 rings (SSSR count). The van der Waals surface area contributed by atoms with Crippen molar-refractivity contribution in [2.45, 2.75) is 6.61 Å². The molecule has 0 aliphatic carbocycles. The summed E-state index contributed by atoms with van der Waals surface area (Å²) in [5.41, 5.74) is 3.09. The first-order chi connectivity index (χ1) is 16.2. The van der Waals surface area contributed by atoms with Crippen LogP contribution in [0, 0.1) is 0 Å². The third kappa shape index (κ3) is 6.57. The van der Waals surface area contributed by atoms with Crippen LogP contribution in [-0.4, -0.2) is 49.6 Å². The highest BCUT2D eigenvalue weighted by Crippen LogP contribution is 2.18. The standard InChI is InChI=1S/C26H27N3O4/c30-25(28-22-9-11-24(12-10-22)33-19-20-5-2-1-3-6-20)18-27-23-8-4-7-21(17-23)26(31)29-13-15-32-16-14-29/h1-12,17,27H,13-16,18-19H2,(H,28,30). The Balaban J connectivity index is 1.25. The van der Waals surface area contributed by atoms with E-state index in [1.54, 1.807) is 29.2 Å². The first-order valence-corrected chi connectivity index (χ1v) is 10.9. The number of morpholine rings is 1. The van der Waals surface area contributed by atoms with E-state index in [0.29, 0.717) is 49.8 Å². The van der Waals surface area contributed by atoms with E-state index in [1.807, 2.05) is 54.6 Å². The number of hydrogen-bond acceptors (Lipinski definition) is 5. The van der Waals surface area contributed by atoms with Crippen molar-refractivity contribution < 1.29 is 19.1 Å².